The Kier molecular flexibility index (Phi) is 13.9. The molecule has 0 aliphatic carbocycles. The third-order valence-electron chi connectivity index (χ3n) is 11.0. The number of benzene rings is 5. The molecule has 0 spiro atoms. The Hall–Kier alpha value is -5.82. The summed E-state index contributed by atoms with van der Waals surface area (Å²) in [6.07, 6.45) is -2.02. The van der Waals surface area contributed by atoms with Gasteiger partial charge in [0.1, 0.15) is 0 Å². The molecule has 5 aromatic carbocycles. The van der Waals surface area contributed by atoms with Crippen molar-refractivity contribution in [1.29, 1.82) is 0 Å². The van der Waals surface area contributed by atoms with Crippen LogP contribution in [0.15, 0.2) is 72.8 Å². The molecule has 0 unspecified atom stereocenters. The van der Waals surface area contributed by atoms with Crippen LogP contribution in [0, 0.1) is 83.1 Å². The molecule has 12 heteroatoms. The zero-order chi connectivity index (χ0) is 46.2. The Morgan fingerprint density at radius 1 is 0.355 bits per heavy atom. The molecule has 0 saturated heterocycles. The van der Waals surface area contributed by atoms with Crippen LogP contribution in [0.4, 0.5) is 0 Å². The molecule has 0 bridgehead atoms. The number of aryl methyl sites for hydroxylation is 12. The molecule has 0 radical (unpaired) electrons. The highest BCUT2D eigenvalue weighted by atomic mass is 31.2. The average molecular weight is 875 g/mol. The first-order valence-electron chi connectivity index (χ1n) is 20.0. The van der Waals surface area contributed by atoms with Crippen molar-refractivity contribution in [2.24, 2.45) is 0 Å². The second-order valence-electron chi connectivity index (χ2n) is 16.5. The number of hydrogen-bond acceptors (Lipinski definition) is 10. The summed E-state index contributed by atoms with van der Waals surface area (Å²) in [6, 6.07) is 18.9. The summed E-state index contributed by atoms with van der Waals surface area (Å²) in [5.41, 5.74) is 4.29. The first-order chi connectivity index (χ1) is 28.9. The molecule has 0 aliphatic heterocycles. The molecular formula is C50H52O10P2. The van der Waals surface area contributed by atoms with Gasteiger partial charge in [-0.2, -0.15) is 0 Å². The van der Waals surface area contributed by atoms with E-state index in [0.29, 0.717) is 44.5 Å². The van der Waals surface area contributed by atoms with Gasteiger partial charge in [-0.15, -0.1) is 0 Å². The van der Waals surface area contributed by atoms with Crippen molar-refractivity contribution in [2.45, 2.75) is 83.1 Å². The van der Waals surface area contributed by atoms with Gasteiger partial charge < -0.3 is 18.6 Å². The van der Waals surface area contributed by atoms with E-state index in [-0.39, 0.29) is 33.4 Å². The van der Waals surface area contributed by atoms with Crippen LogP contribution in [0.3, 0.4) is 0 Å². The van der Waals surface area contributed by atoms with Crippen molar-refractivity contribution in [3.63, 3.8) is 0 Å². The number of carbonyl (C=O) groups excluding carboxylic acids is 6. The molecule has 0 saturated carbocycles. The predicted octanol–water partition coefficient (Wildman–Crippen LogP) is 11.7. The number of ether oxygens (including phenoxy) is 2. The average Bonchev–Trinajstić information content (AvgIpc) is 3.17. The quantitative estimate of drug-likeness (QED) is 0.0777. The standard InChI is InChI=1S/C50H52O10P2/c1-27-17-31(5)41(32(6)18-27)47(53)61(57,48(54)42-33(7)19-28(2)20-34(42)8)25-59-45(51)39-13-15-40(16-14-39)46(52)60-26-62(58,49(55)43-35(9)21-29(3)22-36(43)10)50(56)44-37(11)23-30(4)24-38(44)12/h13-24H,25-26H2,1-12H3. The van der Waals surface area contributed by atoms with Crippen LogP contribution in [0.25, 0.3) is 0 Å². The van der Waals surface area contributed by atoms with Crippen LogP contribution in [-0.2, 0) is 18.6 Å². The first-order valence-corrected chi connectivity index (χ1v) is 23.8. The SMILES string of the molecule is Cc1cc(C)c(C(=O)P(=O)(COC(=O)c2ccc(C(=O)OCP(=O)(C(=O)c3c(C)cc(C)cc3C)C(=O)c3c(C)cc(C)cc3C)cc2)C(=O)c2c(C)cc(C)cc2C)c(C)c1. The van der Waals surface area contributed by atoms with Crippen molar-refractivity contribution in [2.75, 3.05) is 12.7 Å². The summed E-state index contributed by atoms with van der Waals surface area (Å²) in [6.45, 7) is 20.9. The molecule has 0 aromatic heterocycles. The van der Waals surface area contributed by atoms with E-state index in [0.717, 1.165) is 22.3 Å². The zero-order valence-electron chi connectivity index (χ0n) is 37.3. The van der Waals surface area contributed by atoms with Gasteiger partial charge in [-0.25, -0.2) is 9.59 Å². The smallest absolute Gasteiger partial charge is 0.338 e. The minimum absolute atomic E-state index is 0.106. The molecule has 0 aliphatic rings. The van der Waals surface area contributed by atoms with E-state index in [1.807, 2.05) is 27.7 Å². The van der Waals surface area contributed by atoms with E-state index in [2.05, 4.69) is 0 Å². The molecule has 0 amide bonds. The third kappa shape index (κ3) is 9.33. The molecule has 5 aromatic rings. The van der Waals surface area contributed by atoms with Crippen LogP contribution in [0.2, 0.25) is 0 Å². The maximum atomic E-state index is 14.9. The lowest BCUT2D eigenvalue weighted by atomic mass is 10.0. The summed E-state index contributed by atoms with van der Waals surface area (Å²) < 4.78 is 40.8. The van der Waals surface area contributed by atoms with Gasteiger partial charge in [-0.1, -0.05) is 70.8 Å². The summed E-state index contributed by atoms with van der Waals surface area (Å²) in [7, 11) is -9.33. The third-order valence-corrected chi connectivity index (χ3v) is 15.5. The van der Waals surface area contributed by atoms with Crippen molar-refractivity contribution in [3.8, 4) is 0 Å². The van der Waals surface area contributed by atoms with Crippen LogP contribution in [0.1, 0.15) is 129 Å². The number of rotatable bonds is 14. The van der Waals surface area contributed by atoms with E-state index < -0.39 is 61.0 Å². The van der Waals surface area contributed by atoms with Gasteiger partial charge in [0.05, 0.1) is 11.1 Å². The molecule has 5 rings (SSSR count). The maximum absolute atomic E-state index is 14.9. The largest absolute Gasteiger partial charge is 0.453 e. The summed E-state index contributed by atoms with van der Waals surface area (Å²) >= 11 is 0. The van der Waals surface area contributed by atoms with Gasteiger partial charge in [0.15, 0.2) is 12.7 Å². The van der Waals surface area contributed by atoms with Crippen molar-refractivity contribution < 1.29 is 47.4 Å². The van der Waals surface area contributed by atoms with E-state index in [9.17, 15) is 37.9 Å². The van der Waals surface area contributed by atoms with Gasteiger partial charge in [0.25, 0.3) is 14.3 Å². The van der Waals surface area contributed by atoms with E-state index in [1.54, 1.807) is 104 Å². The van der Waals surface area contributed by atoms with Gasteiger partial charge in [0, 0.05) is 22.3 Å². The summed E-state index contributed by atoms with van der Waals surface area (Å²) in [5, 5.41) is 0. The highest BCUT2D eigenvalue weighted by Gasteiger charge is 2.46. The maximum Gasteiger partial charge on any atom is 0.338 e. The Morgan fingerprint density at radius 2 is 0.532 bits per heavy atom. The van der Waals surface area contributed by atoms with Crippen LogP contribution >= 0.6 is 14.3 Å². The Balaban J connectivity index is 1.42. The van der Waals surface area contributed by atoms with Crippen molar-refractivity contribution in [3.05, 3.63) is 173 Å². The summed E-state index contributed by atoms with van der Waals surface area (Å²) in [5.74, 6) is -2.04. The highest BCUT2D eigenvalue weighted by Crippen LogP contribution is 2.55. The molecule has 0 fully saturated rings. The molecule has 0 atom stereocenters. The Morgan fingerprint density at radius 3 is 0.710 bits per heavy atom. The van der Waals surface area contributed by atoms with Crippen molar-refractivity contribution in [1.82, 2.24) is 0 Å². The topological polar surface area (TPSA) is 155 Å². The lowest BCUT2D eigenvalue weighted by Crippen LogP contribution is -2.20. The normalized spacial score (nSPS) is 11.5. The van der Waals surface area contributed by atoms with Gasteiger partial charge in [-0.3, -0.25) is 19.2 Å². The monoisotopic (exact) mass is 874 g/mol. The van der Waals surface area contributed by atoms with Crippen molar-refractivity contribution >= 4 is 48.3 Å². The molecular weight excluding hydrogens is 822 g/mol. The van der Waals surface area contributed by atoms with Crippen LogP contribution < -0.4 is 0 Å². The molecule has 62 heavy (non-hydrogen) atoms. The number of esters is 2. The van der Waals surface area contributed by atoms with Gasteiger partial charge in [0.2, 0.25) is 22.1 Å². The molecule has 0 N–H and O–H groups in total. The van der Waals surface area contributed by atoms with Gasteiger partial charge in [-0.05, 0) is 152 Å². The fourth-order valence-corrected chi connectivity index (χ4v) is 12.7. The number of hydrogen-bond donors (Lipinski definition) is 0. The number of carbonyl (C=O) groups is 6. The Labute approximate surface area is 363 Å². The minimum atomic E-state index is -4.66. The van der Waals surface area contributed by atoms with E-state index in [4.69, 9.17) is 9.47 Å². The fourth-order valence-electron chi connectivity index (χ4n) is 8.42. The zero-order valence-corrected chi connectivity index (χ0v) is 39.1. The van der Waals surface area contributed by atoms with Gasteiger partial charge >= 0.3 is 11.9 Å². The highest BCUT2D eigenvalue weighted by molar-refractivity contribution is 7.95. The Bertz CT molecular complexity index is 2400. The molecule has 0 heterocycles. The van der Waals surface area contributed by atoms with Crippen LogP contribution in [0.5, 0.6) is 0 Å². The first kappa shape index (κ1) is 47.2. The van der Waals surface area contributed by atoms with E-state index in [1.165, 1.54) is 24.3 Å². The lowest BCUT2D eigenvalue weighted by molar-refractivity contribution is 0.0553. The second-order valence-corrected chi connectivity index (χ2v) is 21.6. The lowest BCUT2D eigenvalue weighted by Gasteiger charge is -2.21. The second kappa shape index (κ2) is 18.3. The van der Waals surface area contributed by atoms with Crippen LogP contribution in [-0.4, -0.2) is 46.7 Å². The molecule has 10 nitrogen and oxygen atoms in total. The summed E-state index contributed by atoms with van der Waals surface area (Å²) in [4.78, 5) is 84.1. The fraction of sp³-hybridized carbons (Fsp3) is 0.280. The predicted molar refractivity (Wildman–Crippen MR) is 242 cm³/mol. The van der Waals surface area contributed by atoms with E-state index >= 15 is 0 Å². The molecule has 322 valence electrons. The minimum Gasteiger partial charge on any atom is -0.453 e.